The minimum absolute atomic E-state index is 0.747. The second kappa shape index (κ2) is 4.78. The number of oxime groups is 1. The van der Waals surface area contributed by atoms with Gasteiger partial charge in [0.25, 0.3) is 0 Å². The number of rotatable bonds is 3. The molecule has 0 spiro atoms. The molecule has 2 heterocycles. The average molecular weight is 230 g/mol. The van der Waals surface area contributed by atoms with E-state index in [-0.39, 0.29) is 0 Å². The molecule has 2 rings (SSSR count). The highest BCUT2D eigenvalue weighted by Crippen LogP contribution is 2.17. The van der Waals surface area contributed by atoms with Crippen molar-refractivity contribution < 1.29 is 4.84 Å². The van der Waals surface area contributed by atoms with Crippen molar-refractivity contribution in [3.05, 3.63) is 35.9 Å². The van der Waals surface area contributed by atoms with E-state index in [1.165, 1.54) is 7.11 Å². The summed E-state index contributed by atoms with van der Waals surface area (Å²) < 4.78 is 0. The normalized spacial score (nSPS) is 11.6. The molecule has 0 atom stereocenters. The molecule has 2 aromatic rings. The van der Waals surface area contributed by atoms with Crippen molar-refractivity contribution >= 4 is 5.71 Å². The average Bonchev–Trinajstić information content (AvgIpc) is 2.73. The number of imidazole rings is 1. The Morgan fingerprint density at radius 3 is 2.94 bits per heavy atom. The quantitative estimate of drug-likeness (QED) is 0.649. The molecular formula is C12H14N4O. The predicted molar refractivity (Wildman–Crippen MR) is 65.8 cm³/mol. The number of nitrogens with zero attached hydrogens (tertiary/aromatic N) is 3. The third-order valence-electron chi connectivity index (χ3n) is 2.39. The van der Waals surface area contributed by atoms with Crippen LogP contribution in [0, 0.1) is 6.92 Å². The number of hydrogen-bond donors (Lipinski definition) is 1. The summed E-state index contributed by atoms with van der Waals surface area (Å²) in [5.41, 5.74) is 3.47. The van der Waals surface area contributed by atoms with E-state index >= 15 is 0 Å². The number of H-pyrrole nitrogens is 1. The molecule has 88 valence electrons. The Morgan fingerprint density at radius 2 is 2.29 bits per heavy atom. The van der Waals surface area contributed by atoms with E-state index < -0.39 is 0 Å². The molecule has 0 unspecified atom stereocenters. The maximum absolute atomic E-state index is 4.75. The van der Waals surface area contributed by atoms with E-state index in [0.717, 1.165) is 28.5 Å². The summed E-state index contributed by atoms with van der Waals surface area (Å²) in [6.45, 7) is 3.82. The summed E-state index contributed by atoms with van der Waals surface area (Å²) in [7, 11) is 1.52. The fourth-order valence-electron chi connectivity index (χ4n) is 1.63. The number of nitrogens with one attached hydrogen (secondary N) is 1. The zero-order valence-corrected chi connectivity index (χ0v) is 10.1. The lowest BCUT2D eigenvalue weighted by molar-refractivity contribution is 0.213. The van der Waals surface area contributed by atoms with Crippen LogP contribution in [0.1, 0.15) is 18.3 Å². The maximum atomic E-state index is 4.75. The maximum Gasteiger partial charge on any atom is 0.139 e. The van der Waals surface area contributed by atoms with Crippen LogP contribution in [0.15, 0.2) is 29.7 Å². The van der Waals surface area contributed by atoms with Gasteiger partial charge in [-0.1, -0.05) is 5.16 Å². The van der Waals surface area contributed by atoms with Gasteiger partial charge in [-0.05, 0) is 26.0 Å². The summed E-state index contributed by atoms with van der Waals surface area (Å²) in [6, 6.07) is 3.83. The molecule has 0 amide bonds. The summed E-state index contributed by atoms with van der Waals surface area (Å²) in [6.07, 6.45) is 3.50. The van der Waals surface area contributed by atoms with E-state index in [4.69, 9.17) is 4.84 Å². The van der Waals surface area contributed by atoms with Gasteiger partial charge in [-0.2, -0.15) is 0 Å². The summed E-state index contributed by atoms with van der Waals surface area (Å²) in [5.74, 6) is 0.788. The van der Waals surface area contributed by atoms with Gasteiger partial charge in [0.15, 0.2) is 0 Å². The van der Waals surface area contributed by atoms with Crippen LogP contribution >= 0.6 is 0 Å². The molecule has 0 bridgehead atoms. The number of hydrogen-bond acceptors (Lipinski definition) is 4. The van der Waals surface area contributed by atoms with Crippen molar-refractivity contribution in [1.29, 1.82) is 0 Å². The van der Waals surface area contributed by atoms with Gasteiger partial charge in [0, 0.05) is 23.7 Å². The smallest absolute Gasteiger partial charge is 0.139 e. The molecule has 1 N–H and O–H groups in total. The summed E-state index contributed by atoms with van der Waals surface area (Å²) in [4.78, 5) is 16.5. The molecular weight excluding hydrogens is 216 g/mol. The highest BCUT2D eigenvalue weighted by atomic mass is 16.6. The summed E-state index contributed by atoms with van der Waals surface area (Å²) >= 11 is 0. The number of aromatic nitrogens is 3. The van der Waals surface area contributed by atoms with Gasteiger partial charge in [-0.15, -0.1) is 0 Å². The van der Waals surface area contributed by atoms with Crippen molar-refractivity contribution in [1.82, 2.24) is 15.0 Å². The topological polar surface area (TPSA) is 63.2 Å². The molecule has 2 aromatic heterocycles. The SMILES string of the molecule is CON=C(C)c1nc(-c2cccnc2)[nH]c1C. The van der Waals surface area contributed by atoms with Gasteiger partial charge in [0.2, 0.25) is 0 Å². The lowest BCUT2D eigenvalue weighted by Crippen LogP contribution is -1.98. The Morgan fingerprint density at radius 1 is 1.47 bits per heavy atom. The van der Waals surface area contributed by atoms with E-state index in [9.17, 15) is 0 Å². The van der Waals surface area contributed by atoms with Crippen LogP contribution in [0.5, 0.6) is 0 Å². The van der Waals surface area contributed by atoms with E-state index in [1.54, 1.807) is 12.4 Å². The molecule has 0 fully saturated rings. The van der Waals surface area contributed by atoms with Crippen LogP contribution in [0.4, 0.5) is 0 Å². The predicted octanol–water partition coefficient (Wildman–Crippen LogP) is 2.15. The van der Waals surface area contributed by atoms with E-state index in [1.807, 2.05) is 26.0 Å². The van der Waals surface area contributed by atoms with Crippen molar-refractivity contribution in [2.24, 2.45) is 5.16 Å². The van der Waals surface area contributed by atoms with Gasteiger partial charge < -0.3 is 9.82 Å². The van der Waals surface area contributed by atoms with Crippen molar-refractivity contribution in [3.8, 4) is 11.4 Å². The second-order valence-corrected chi connectivity index (χ2v) is 3.66. The molecule has 17 heavy (non-hydrogen) atoms. The fraction of sp³-hybridized carbons (Fsp3) is 0.250. The van der Waals surface area contributed by atoms with Crippen molar-refractivity contribution in [2.75, 3.05) is 7.11 Å². The Labute approximate surface area is 99.6 Å². The molecule has 0 aliphatic carbocycles. The lowest BCUT2D eigenvalue weighted by Gasteiger charge is -1.95. The third-order valence-corrected chi connectivity index (χ3v) is 2.39. The summed E-state index contributed by atoms with van der Waals surface area (Å²) in [5, 5.41) is 3.88. The molecule has 0 radical (unpaired) electrons. The first-order valence-electron chi connectivity index (χ1n) is 5.27. The van der Waals surface area contributed by atoms with Crippen LogP contribution in [-0.2, 0) is 4.84 Å². The fourth-order valence-corrected chi connectivity index (χ4v) is 1.63. The van der Waals surface area contributed by atoms with Gasteiger partial charge in [0.05, 0.1) is 0 Å². The Balaban J connectivity index is 2.41. The van der Waals surface area contributed by atoms with Gasteiger partial charge in [0.1, 0.15) is 24.3 Å². The van der Waals surface area contributed by atoms with Gasteiger partial charge in [-0.25, -0.2) is 4.98 Å². The minimum atomic E-state index is 0.747. The standard InChI is InChI=1S/C12H14N4O/c1-8-11(9(2)16-17-3)15-12(14-8)10-5-4-6-13-7-10/h4-7H,1-3H3,(H,14,15). The first-order chi connectivity index (χ1) is 8.22. The van der Waals surface area contributed by atoms with Crippen molar-refractivity contribution in [2.45, 2.75) is 13.8 Å². The molecule has 0 aliphatic rings. The van der Waals surface area contributed by atoms with Gasteiger partial charge >= 0.3 is 0 Å². The largest absolute Gasteiger partial charge is 0.399 e. The molecule has 0 aromatic carbocycles. The highest BCUT2D eigenvalue weighted by molar-refractivity contribution is 5.98. The Hall–Kier alpha value is -2.17. The van der Waals surface area contributed by atoms with Crippen LogP contribution < -0.4 is 0 Å². The van der Waals surface area contributed by atoms with Crippen LogP contribution in [0.2, 0.25) is 0 Å². The molecule has 5 heteroatoms. The zero-order chi connectivity index (χ0) is 12.3. The zero-order valence-electron chi connectivity index (χ0n) is 10.1. The number of pyridine rings is 1. The first-order valence-corrected chi connectivity index (χ1v) is 5.27. The number of aryl methyl sites for hydroxylation is 1. The van der Waals surface area contributed by atoms with E-state index in [0.29, 0.717) is 0 Å². The van der Waals surface area contributed by atoms with E-state index in [2.05, 4.69) is 20.1 Å². The second-order valence-electron chi connectivity index (χ2n) is 3.66. The van der Waals surface area contributed by atoms with Crippen LogP contribution in [0.3, 0.4) is 0 Å². The van der Waals surface area contributed by atoms with Crippen molar-refractivity contribution in [3.63, 3.8) is 0 Å². The van der Waals surface area contributed by atoms with Crippen LogP contribution in [0.25, 0.3) is 11.4 Å². The Bertz CT molecular complexity index is 531. The lowest BCUT2D eigenvalue weighted by atomic mass is 10.2. The highest BCUT2D eigenvalue weighted by Gasteiger charge is 2.11. The third kappa shape index (κ3) is 2.33. The molecule has 5 nitrogen and oxygen atoms in total. The molecule has 0 saturated carbocycles. The first kappa shape index (κ1) is 11.3. The Kier molecular flexibility index (Phi) is 3.18. The molecule has 0 saturated heterocycles. The number of aromatic amines is 1. The monoisotopic (exact) mass is 230 g/mol. The minimum Gasteiger partial charge on any atom is -0.399 e. The molecule has 0 aliphatic heterocycles. The van der Waals surface area contributed by atoms with Gasteiger partial charge in [-0.3, -0.25) is 4.98 Å². The van der Waals surface area contributed by atoms with Crippen LogP contribution in [-0.4, -0.2) is 27.8 Å².